The third-order valence-electron chi connectivity index (χ3n) is 8.11. The summed E-state index contributed by atoms with van der Waals surface area (Å²) >= 11 is 0. The lowest BCUT2D eigenvalue weighted by Crippen LogP contribution is -2.14. The van der Waals surface area contributed by atoms with Crippen LogP contribution in [0.5, 0.6) is 0 Å². The van der Waals surface area contributed by atoms with E-state index in [1.807, 2.05) is 6.92 Å². The quantitative estimate of drug-likeness (QED) is 0.159. The molecule has 0 saturated heterocycles. The van der Waals surface area contributed by atoms with E-state index in [-0.39, 0.29) is 0 Å². The largest absolute Gasteiger partial charge is 0.385 e. The van der Waals surface area contributed by atoms with Gasteiger partial charge in [-0.1, -0.05) is 123 Å². The summed E-state index contributed by atoms with van der Waals surface area (Å²) in [7, 11) is 0. The maximum Gasteiger partial charge on any atom is 0.0638 e. The Morgan fingerprint density at radius 2 is 1.22 bits per heavy atom. The zero-order valence-corrected chi connectivity index (χ0v) is 24.1. The van der Waals surface area contributed by atoms with E-state index in [9.17, 15) is 0 Å². The first-order valence-electron chi connectivity index (χ1n) is 14.6. The average molecular weight is 533 g/mol. The Hall–Kier alpha value is -4.69. The second kappa shape index (κ2) is 11.4. The molecule has 5 aromatic carbocycles. The van der Waals surface area contributed by atoms with E-state index in [0.717, 1.165) is 30.5 Å². The Morgan fingerprint density at radius 3 is 1.71 bits per heavy atom. The molecule has 0 unspecified atom stereocenters. The summed E-state index contributed by atoms with van der Waals surface area (Å²) in [6.07, 6.45) is 8.73. The number of unbranched alkanes of at least 4 members (excludes halogenated alkanes) is 1. The first kappa shape index (κ1) is 26.5. The van der Waals surface area contributed by atoms with Crippen LogP contribution in [-0.4, -0.2) is 12.3 Å². The lowest BCUT2D eigenvalue weighted by atomic mass is 9.85. The van der Waals surface area contributed by atoms with Crippen molar-refractivity contribution in [3.05, 3.63) is 138 Å². The summed E-state index contributed by atoms with van der Waals surface area (Å²) in [4.78, 5) is 0. The van der Waals surface area contributed by atoms with Gasteiger partial charge in [-0.15, -0.1) is 0 Å². The zero-order chi connectivity index (χ0) is 28.3. The van der Waals surface area contributed by atoms with Crippen molar-refractivity contribution in [1.29, 1.82) is 5.41 Å². The van der Waals surface area contributed by atoms with Gasteiger partial charge in [0.15, 0.2) is 0 Å². The molecule has 0 aliphatic carbocycles. The monoisotopic (exact) mass is 532 g/mol. The molecule has 0 bridgehead atoms. The standard InChI is InChI=1S/C39H36N2/c1-4-5-10-26(2)39(40)31-21-19-30(20-22-31)38-35-13-8-6-11-33(35)37(34-12-7-9-14-36(34)38)29-17-15-28(16-18-29)32-23-24-41-27(3)25-32/h6-23,25,40-41H,4-5,24H2,1-3H3/b26-10-,40-39?. The van der Waals surface area contributed by atoms with Crippen LogP contribution in [0, 0.1) is 5.41 Å². The minimum absolute atomic E-state index is 0.601. The van der Waals surface area contributed by atoms with Crippen molar-refractivity contribution in [2.24, 2.45) is 0 Å². The summed E-state index contributed by atoms with van der Waals surface area (Å²) in [6.45, 7) is 7.19. The predicted octanol–water partition coefficient (Wildman–Crippen LogP) is 10.3. The minimum atomic E-state index is 0.601. The smallest absolute Gasteiger partial charge is 0.0638 e. The van der Waals surface area contributed by atoms with Gasteiger partial charge in [0.2, 0.25) is 0 Å². The fraction of sp³-hybridized carbons (Fsp3) is 0.154. The average Bonchev–Trinajstić information content (AvgIpc) is 3.02. The molecule has 2 nitrogen and oxygen atoms in total. The van der Waals surface area contributed by atoms with Crippen molar-refractivity contribution in [3.63, 3.8) is 0 Å². The molecule has 6 rings (SSSR count). The van der Waals surface area contributed by atoms with Crippen LogP contribution >= 0.6 is 0 Å². The van der Waals surface area contributed by atoms with Gasteiger partial charge < -0.3 is 10.7 Å². The SMILES string of the molecule is CCC/C=C(/C)C(=N)c1ccc(-c2c3ccccc3c(-c3ccc(C4=CCNC(C)=C4)cc3)c3ccccc23)cc1. The highest BCUT2D eigenvalue weighted by atomic mass is 14.9. The van der Waals surface area contributed by atoms with Crippen LogP contribution in [0.15, 0.2) is 127 Å². The van der Waals surface area contributed by atoms with Crippen LogP contribution in [0.1, 0.15) is 44.7 Å². The molecule has 0 atom stereocenters. The molecule has 0 fully saturated rings. The number of hydrogen-bond donors (Lipinski definition) is 2. The Labute approximate surface area is 243 Å². The van der Waals surface area contributed by atoms with Gasteiger partial charge in [0.1, 0.15) is 0 Å². The van der Waals surface area contributed by atoms with Gasteiger partial charge >= 0.3 is 0 Å². The van der Waals surface area contributed by atoms with Gasteiger partial charge in [-0.3, -0.25) is 0 Å². The second-order valence-corrected chi connectivity index (χ2v) is 10.9. The molecule has 41 heavy (non-hydrogen) atoms. The van der Waals surface area contributed by atoms with Crippen molar-refractivity contribution >= 4 is 32.8 Å². The summed E-state index contributed by atoms with van der Waals surface area (Å²) in [5.74, 6) is 0. The molecule has 0 aromatic heterocycles. The number of allylic oxidation sites excluding steroid dienone is 5. The molecule has 2 heteroatoms. The molecule has 5 aromatic rings. The van der Waals surface area contributed by atoms with Crippen molar-refractivity contribution in [2.45, 2.75) is 33.6 Å². The van der Waals surface area contributed by atoms with Crippen LogP contribution < -0.4 is 5.32 Å². The van der Waals surface area contributed by atoms with Gasteiger partial charge in [0, 0.05) is 12.2 Å². The molecule has 2 N–H and O–H groups in total. The van der Waals surface area contributed by atoms with Gasteiger partial charge in [-0.25, -0.2) is 0 Å². The van der Waals surface area contributed by atoms with E-state index < -0.39 is 0 Å². The number of benzene rings is 5. The third kappa shape index (κ3) is 5.14. The summed E-state index contributed by atoms with van der Waals surface area (Å²) in [6, 6.07) is 35.1. The van der Waals surface area contributed by atoms with Crippen LogP contribution in [0.3, 0.4) is 0 Å². The highest BCUT2D eigenvalue weighted by Gasteiger charge is 2.17. The summed E-state index contributed by atoms with van der Waals surface area (Å²) in [5, 5.41) is 17.0. The normalized spacial score (nSPS) is 13.6. The Bertz CT molecular complexity index is 1790. The first-order valence-corrected chi connectivity index (χ1v) is 14.6. The molecule has 0 spiro atoms. The van der Waals surface area contributed by atoms with Crippen LogP contribution in [0.2, 0.25) is 0 Å². The molecule has 1 heterocycles. The molecule has 0 radical (unpaired) electrons. The van der Waals surface area contributed by atoms with Gasteiger partial charge in [-0.2, -0.15) is 0 Å². The number of nitrogens with one attached hydrogen (secondary N) is 2. The van der Waals surface area contributed by atoms with E-state index in [4.69, 9.17) is 5.41 Å². The number of hydrogen-bond acceptors (Lipinski definition) is 2. The minimum Gasteiger partial charge on any atom is -0.385 e. The highest BCUT2D eigenvalue weighted by molar-refractivity contribution is 6.21. The molecule has 1 aliphatic heterocycles. The van der Waals surface area contributed by atoms with Crippen molar-refractivity contribution in [1.82, 2.24) is 5.32 Å². The third-order valence-corrected chi connectivity index (χ3v) is 8.11. The van der Waals surface area contributed by atoms with Crippen molar-refractivity contribution in [3.8, 4) is 22.3 Å². The van der Waals surface area contributed by atoms with Gasteiger partial charge in [-0.05, 0) is 92.4 Å². The van der Waals surface area contributed by atoms with Crippen molar-refractivity contribution < 1.29 is 0 Å². The van der Waals surface area contributed by atoms with Crippen LogP contribution in [-0.2, 0) is 0 Å². The summed E-state index contributed by atoms with van der Waals surface area (Å²) in [5.41, 5.74) is 11.2. The Balaban J connectivity index is 1.48. The maximum atomic E-state index is 8.69. The lowest BCUT2D eigenvalue weighted by Gasteiger charge is -2.18. The molecular weight excluding hydrogens is 496 g/mol. The van der Waals surface area contributed by atoms with E-state index in [1.165, 1.54) is 60.6 Å². The Morgan fingerprint density at radius 1 is 0.732 bits per heavy atom. The maximum absolute atomic E-state index is 8.69. The fourth-order valence-electron chi connectivity index (χ4n) is 5.94. The molecular formula is C39H36N2. The van der Waals surface area contributed by atoms with Crippen LogP contribution in [0.4, 0.5) is 0 Å². The number of fused-ring (bicyclic) bond motifs is 2. The zero-order valence-electron chi connectivity index (χ0n) is 24.1. The molecule has 0 amide bonds. The summed E-state index contributed by atoms with van der Waals surface area (Å²) < 4.78 is 0. The molecule has 1 aliphatic rings. The first-order chi connectivity index (χ1) is 20.0. The van der Waals surface area contributed by atoms with E-state index in [0.29, 0.717) is 5.71 Å². The highest BCUT2D eigenvalue weighted by Crippen LogP contribution is 2.43. The Kier molecular flexibility index (Phi) is 7.39. The lowest BCUT2D eigenvalue weighted by molar-refractivity contribution is 0.895. The van der Waals surface area contributed by atoms with Crippen molar-refractivity contribution in [2.75, 3.05) is 6.54 Å². The topological polar surface area (TPSA) is 35.9 Å². The van der Waals surface area contributed by atoms with E-state index >= 15 is 0 Å². The van der Waals surface area contributed by atoms with Crippen LogP contribution in [0.25, 0.3) is 49.4 Å². The molecule has 0 saturated carbocycles. The number of dihydropyridines is 1. The second-order valence-electron chi connectivity index (χ2n) is 10.9. The number of rotatable bonds is 7. The fourth-order valence-corrected chi connectivity index (χ4v) is 5.94. The van der Waals surface area contributed by atoms with Gasteiger partial charge in [0.05, 0.1) is 5.71 Å². The predicted molar refractivity (Wildman–Crippen MR) is 178 cm³/mol. The van der Waals surface area contributed by atoms with E-state index in [1.54, 1.807) is 0 Å². The molecule has 202 valence electrons. The van der Waals surface area contributed by atoms with E-state index in [2.05, 4.69) is 134 Å². The van der Waals surface area contributed by atoms with Gasteiger partial charge in [0.25, 0.3) is 0 Å².